The van der Waals surface area contributed by atoms with Crippen molar-refractivity contribution < 1.29 is 0 Å². The van der Waals surface area contributed by atoms with Crippen LogP contribution >= 0.6 is 11.8 Å². The van der Waals surface area contributed by atoms with Gasteiger partial charge in [0.05, 0.1) is 0 Å². The van der Waals surface area contributed by atoms with E-state index < -0.39 is 0 Å². The largest absolute Gasteiger partial charge is 0.165 e. The SMILES string of the molecule is C=CC[CH]CSC. The third kappa shape index (κ3) is 6.09. The molecule has 0 saturated heterocycles. The van der Waals surface area contributed by atoms with Crippen LogP contribution in [-0.4, -0.2) is 12.0 Å². The van der Waals surface area contributed by atoms with Crippen molar-refractivity contribution in [3.8, 4) is 0 Å². The molecule has 0 fully saturated rings. The molecule has 0 unspecified atom stereocenters. The lowest BCUT2D eigenvalue weighted by molar-refractivity contribution is 1.23. The Morgan fingerprint density at radius 2 is 2.43 bits per heavy atom. The van der Waals surface area contributed by atoms with Gasteiger partial charge in [0.25, 0.3) is 0 Å². The lowest BCUT2D eigenvalue weighted by Crippen LogP contribution is -1.74. The van der Waals surface area contributed by atoms with Gasteiger partial charge in [0, 0.05) is 0 Å². The Labute approximate surface area is 50.0 Å². The van der Waals surface area contributed by atoms with E-state index in [9.17, 15) is 0 Å². The average Bonchev–Trinajstić information content (AvgIpc) is 1.69. The van der Waals surface area contributed by atoms with Crippen LogP contribution in [0.2, 0.25) is 0 Å². The molecule has 0 saturated carbocycles. The van der Waals surface area contributed by atoms with Gasteiger partial charge >= 0.3 is 0 Å². The summed E-state index contributed by atoms with van der Waals surface area (Å²) in [6.07, 6.45) is 7.26. The number of hydrogen-bond acceptors (Lipinski definition) is 1. The Morgan fingerprint density at radius 1 is 1.71 bits per heavy atom. The summed E-state index contributed by atoms with van der Waals surface area (Å²) < 4.78 is 0. The van der Waals surface area contributed by atoms with Gasteiger partial charge in [-0.1, -0.05) is 6.08 Å². The Morgan fingerprint density at radius 3 is 2.86 bits per heavy atom. The number of allylic oxidation sites excluding steroid dienone is 1. The fourth-order valence-corrected chi connectivity index (χ4v) is 0.676. The van der Waals surface area contributed by atoms with Gasteiger partial charge < -0.3 is 0 Å². The maximum Gasteiger partial charge on any atom is -0.00359 e. The highest BCUT2D eigenvalue weighted by atomic mass is 32.2. The molecule has 0 rings (SSSR count). The Hall–Kier alpha value is 0.0900. The zero-order valence-corrected chi connectivity index (χ0v) is 5.50. The van der Waals surface area contributed by atoms with Crippen LogP contribution in [0.15, 0.2) is 12.7 Å². The minimum absolute atomic E-state index is 1.04. The monoisotopic (exact) mass is 115 g/mol. The molecule has 0 amide bonds. The highest BCUT2D eigenvalue weighted by Crippen LogP contribution is 1.96. The second-order valence-corrected chi connectivity index (χ2v) is 2.18. The molecule has 1 radical (unpaired) electrons. The smallest absolute Gasteiger partial charge is 0.00359 e. The number of unbranched alkanes of at least 4 members (excludes halogenated alkanes) is 1. The maximum atomic E-state index is 3.59. The summed E-state index contributed by atoms with van der Waals surface area (Å²) in [6.45, 7) is 3.59. The van der Waals surface area contributed by atoms with E-state index >= 15 is 0 Å². The van der Waals surface area contributed by atoms with Crippen LogP contribution in [0.5, 0.6) is 0 Å². The summed E-state index contributed by atoms with van der Waals surface area (Å²) in [5, 5.41) is 0. The van der Waals surface area contributed by atoms with Gasteiger partial charge in [-0.3, -0.25) is 0 Å². The molecule has 0 spiro atoms. The number of thioether (sulfide) groups is 1. The molecule has 41 valence electrons. The van der Waals surface area contributed by atoms with Gasteiger partial charge in [0.2, 0.25) is 0 Å². The molecular formula is C6H11S. The topological polar surface area (TPSA) is 0 Å². The Balaban J connectivity index is 2.56. The maximum absolute atomic E-state index is 3.59. The third-order valence-electron chi connectivity index (χ3n) is 0.618. The average molecular weight is 115 g/mol. The molecule has 0 aromatic rings. The molecule has 1 heteroatoms. The minimum Gasteiger partial charge on any atom is -0.165 e. The van der Waals surface area contributed by atoms with Gasteiger partial charge in [-0.25, -0.2) is 0 Å². The van der Waals surface area contributed by atoms with Gasteiger partial charge in [-0.2, -0.15) is 11.8 Å². The fourth-order valence-electron chi connectivity index (χ4n) is 0.304. The molecule has 0 aliphatic carbocycles. The van der Waals surface area contributed by atoms with E-state index in [1.807, 2.05) is 17.8 Å². The number of rotatable bonds is 4. The van der Waals surface area contributed by atoms with E-state index in [1.165, 1.54) is 0 Å². The van der Waals surface area contributed by atoms with Gasteiger partial charge in [-0.05, 0) is 24.9 Å². The van der Waals surface area contributed by atoms with E-state index in [2.05, 4.69) is 19.3 Å². The summed E-state index contributed by atoms with van der Waals surface area (Å²) in [7, 11) is 0. The first-order valence-corrected chi connectivity index (χ1v) is 3.72. The summed E-state index contributed by atoms with van der Waals surface area (Å²) in [6, 6.07) is 0. The molecule has 0 bridgehead atoms. The van der Waals surface area contributed by atoms with Crippen molar-refractivity contribution in [3.63, 3.8) is 0 Å². The van der Waals surface area contributed by atoms with Crippen molar-refractivity contribution in [1.29, 1.82) is 0 Å². The zero-order valence-electron chi connectivity index (χ0n) is 4.68. The van der Waals surface area contributed by atoms with E-state index in [-0.39, 0.29) is 0 Å². The normalized spacial score (nSPS) is 8.71. The molecule has 0 aliphatic rings. The van der Waals surface area contributed by atoms with Crippen molar-refractivity contribution >= 4 is 11.8 Å². The van der Waals surface area contributed by atoms with Crippen molar-refractivity contribution in [2.24, 2.45) is 0 Å². The molecule has 7 heavy (non-hydrogen) atoms. The highest BCUT2D eigenvalue weighted by molar-refractivity contribution is 7.98. The predicted octanol–water partition coefficient (Wildman–Crippen LogP) is 2.13. The molecule has 0 heterocycles. The van der Waals surface area contributed by atoms with Crippen molar-refractivity contribution in [2.45, 2.75) is 6.42 Å². The Bertz CT molecular complexity index is 41.4. The van der Waals surface area contributed by atoms with Crippen LogP contribution in [0.25, 0.3) is 0 Å². The van der Waals surface area contributed by atoms with Crippen molar-refractivity contribution in [2.75, 3.05) is 12.0 Å². The summed E-state index contributed by atoms with van der Waals surface area (Å²) in [5.41, 5.74) is 0. The predicted molar refractivity (Wildman–Crippen MR) is 37.5 cm³/mol. The molecule has 0 atom stereocenters. The van der Waals surface area contributed by atoms with Crippen molar-refractivity contribution in [3.05, 3.63) is 19.1 Å². The second-order valence-electron chi connectivity index (χ2n) is 1.27. The van der Waals surface area contributed by atoms with Crippen LogP contribution in [0.3, 0.4) is 0 Å². The third-order valence-corrected chi connectivity index (χ3v) is 1.19. The van der Waals surface area contributed by atoms with Crippen LogP contribution in [0, 0.1) is 6.42 Å². The first-order valence-electron chi connectivity index (χ1n) is 2.33. The molecule has 0 nitrogen and oxygen atoms in total. The van der Waals surface area contributed by atoms with Crippen LogP contribution < -0.4 is 0 Å². The highest BCUT2D eigenvalue weighted by Gasteiger charge is 1.78. The van der Waals surface area contributed by atoms with E-state index in [0.717, 1.165) is 12.2 Å². The van der Waals surface area contributed by atoms with Crippen LogP contribution in [0.1, 0.15) is 6.42 Å². The number of hydrogen-bond donors (Lipinski definition) is 0. The quantitative estimate of drug-likeness (QED) is 0.399. The second kappa shape index (κ2) is 6.09. The summed E-state index contributed by atoms with van der Waals surface area (Å²) >= 11 is 1.84. The van der Waals surface area contributed by atoms with Crippen molar-refractivity contribution in [1.82, 2.24) is 0 Å². The van der Waals surface area contributed by atoms with E-state index in [1.54, 1.807) is 0 Å². The standard InChI is InChI=1S/C6H11S/c1-3-4-5-6-7-2/h3,5H,1,4,6H2,2H3. The molecule has 0 aromatic heterocycles. The molecule has 0 aliphatic heterocycles. The first kappa shape index (κ1) is 7.09. The van der Waals surface area contributed by atoms with Gasteiger partial charge in [-0.15, -0.1) is 6.58 Å². The van der Waals surface area contributed by atoms with E-state index in [0.29, 0.717) is 0 Å². The lowest BCUT2D eigenvalue weighted by atomic mass is 10.3. The minimum atomic E-state index is 1.04. The summed E-state index contributed by atoms with van der Waals surface area (Å²) in [5.74, 6) is 1.14. The van der Waals surface area contributed by atoms with Crippen LogP contribution in [0.4, 0.5) is 0 Å². The molecular weight excluding hydrogens is 104 g/mol. The Kier molecular flexibility index (Phi) is 6.17. The first-order chi connectivity index (χ1) is 3.41. The summed E-state index contributed by atoms with van der Waals surface area (Å²) in [4.78, 5) is 0. The van der Waals surface area contributed by atoms with Gasteiger partial charge in [0.15, 0.2) is 0 Å². The lowest BCUT2D eigenvalue weighted by Gasteiger charge is -1.87. The van der Waals surface area contributed by atoms with Gasteiger partial charge in [0.1, 0.15) is 0 Å². The molecule has 0 aromatic carbocycles. The van der Waals surface area contributed by atoms with E-state index in [4.69, 9.17) is 0 Å². The fraction of sp³-hybridized carbons (Fsp3) is 0.500. The zero-order chi connectivity index (χ0) is 5.54. The molecule has 0 N–H and O–H groups in total. The van der Waals surface area contributed by atoms with Crippen LogP contribution in [-0.2, 0) is 0 Å².